The lowest BCUT2D eigenvalue weighted by atomic mass is 10.0. The van der Waals surface area contributed by atoms with Crippen LogP contribution in [0.4, 0.5) is 4.39 Å². The Morgan fingerprint density at radius 2 is 1.82 bits per heavy atom. The molecule has 2 rings (SSSR count). The summed E-state index contributed by atoms with van der Waals surface area (Å²) in [6.45, 7) is 1.90. The van der Waals surface area contributed by atoms with Crippen molar-refractivity contribution in [3.05, 3.63) is 53.8 Å². The molecule has 17 heavy (non-hydrogen) atoms. The number of nitrogens with two attached hydrogens (primary N) is 1. The number of hydrogen-bond donors (Lipinski definition) is 1. The van der Waals surface area contributed by atoms with Gasteiger partial charge in [0, 0.05) is 11.1 Å². The lowest BCUT2D eigenvalue weighted by Gasteiger charge is -2.10. The molecule has 0 saturated carbocycles. The first-order valence-corrected chi connectivity index (χ1v) is 6.32. The minimum atomic E-state index is -1.62. The summed E-state index contributed by atoms with van der Waals surface area (Å²) in [6, 6.07) is 11.7. The number of hydrogen-bond acceptors (Lipinski definition) is 2. The fraction of sp³-hybridized carbons (Fsp3) is 0.0769. The molecule has 0 fully saturated rings. The van der Waals surface area contributed by atoms with E-state index in [1.807, 2.05) is 13.0 Å². The molecule has 1 atom stereocenters. The Labute approximate surface area is 103 Å². The average molecular weight is 249 g/mol. The predicted octanol–water partition coefficient (Wildman–Crippen LogP) is 2.78. The molecular weight excluding hydrogens is 237 g/mol. The van der Waals surface area contributed by atoms with E-state index < -0.39 is 11.4 Å². The van der Waals surface area contributed by atoms with Crippen LogP contribution in [-0.4, -0.2) is 4.55 Å². The van der Waals surface area contributed by atoms with Crippen molar-refractivity contribution in [2.45, 2.75) is 11.8 Å². The van der Waals surface area contributed by atoms with Crippen molar-refractivity contribution in [1.82, 2.24) is 0 Å². The molecule has 0 radical (unpaired) electrons. The summed E-state index contributed by atoms with van der Waals surface area (Å²) < 4.78 is 25.1. The number of benzene rings is 2. The van der Waals surface area contributed by atoms with E-state index in [2.05, 4.69) is 0 Å². The summed E-state index contributed by atoms with van der Waals surface area (Å²) in [5.74, 6) is -0.343. The van der Waals surface area contributed by atoms with Gasteiger partial charge in [0.25, 0.3) is 0 Å². The predicted molar refractivity (Wildman–Crippen MR) is 67.2 cm³/mol. The Hall–Kier alpha value is -1.36. The average Bonchev–Trinajstić information content (AvgIpc) is 2.29. The van der Waals surface area contributed by atoms with Gasteiger partial charge in [0.15, 0.2) is 4.90 Å². The summed E-state index contributed by atoms with van der Waals surface area (Å²) in [4.78, 5) is 0.445. The fourth-order valence-electron chi connectivity index (χ4n) is 1.71. The SMILES string of the molecule is Cc1ccc([S+](N)[O-])c(-c2ccccc2F)c1. The van der Waals surface area contributed by atoms with E-state index in [-0.39, 0.29) is 5.82 Å². The Balaban J connectivity index is 2.65. The summed E-state index contributed by atoms with van der Waals surface area (Å²) in [5, 5.41) is 5.40. The van der Waals surface area contributed by atoms with E-state index in [0.717, 1.165) is 5.56 Å². The van der Waals surface area contributed by atoms with Crippen LogP contribution in [0.1, 0.15) is 5.56 Å². The number of rotatable bonds is 2. The van der Waals surface area contributed by atoms with E-state index in [9.17, 15) is 8.94 Å². The van der Waals surface area contributed by atoms with Gasteiger partial charge in [-0.1, -0.05) is 29.8 Å². The molecule has 0 aromatic heterocycles. The van der Waals surface area contributed by atoms with Crippen molar-refractivity contribution in [2.24, 2.45) is 5.14 Å². The minimum absolute atomic E-state index is 0.343. The van der Waals surface area contributed by atoms with Crippen LogP contribution < -0.4 is 5.14 Å². The van der Waals surface area contributed by atoms with Gasteiger partial charge in [0.05, 0.1) is 11.4 Å². The van der Waals surface area contributed by atoms with E-state index in [1.54, 1.807) is 30.3 Å². The maximum atomic E-state index is 13.7. The lowest BCUT2D eigenvalue weighted by Crippen LogP contribution is -2.13. The maximum absolute atomic E-state index is 13.7. The van der Waals surface area contributed by atoms with E-state index >= 15 is 0 Å². The number of halogens is 1. The topological polar surface area (TPSA) is 49.1 Å². The summed E-state index contributed by atoms with van der Waals surface area (Å²) >= 11 is -1.62. The molecule has 0 aliphatic heterocycles. The first-order chi connectivity index (χ1) is 8.09. The molecule has 0 aliphatic rings. The van der Waals surface area contributed by atoms with Gasteiger partial charge in [-0.15, -0.1) is 5.14 Å². The van der Waals surface area contributed by atoms with Crippen molar-refractivity contribution >= 4 is 11.4 Å². The second-order valence-electron chi connectivity index (χ2n) is 3.78. The van der Waals surface area contributed by atoms with Crippen LogP contribution in [0.2, 0.25) is 0 Å². The molecule has 2 aromatic carbocycles. The highest BCUT2D eigenvalue weighted by atomic mass is 32.2. The molecule has 2 aromatic rings. The van der Waals surface area contributed by atoms with Crippen molar-refractivity contribution in [3.63, 3.8) is 0 Å². The molecule has 4 heteroatoms. The van der Waals surface area contributed by atoms with Crippen LogP contribution in [-0.2, 0) is 11.4 Å². The van der Waals surface area contributed by atoms with Gasteiger partial charge in [-0.3, -0.25) is 0 Å². The van der Waals surface area contributed by atoms with Gasteiger partial charge in [-0.2, -0.15) is 0 Å². The van der Waals surface area contributed by atoms with Crippen molar-refractivity contribution in [2.75, 3.05) is 0 Å². The van der Waals surface area contributed by atoms with Gasteiger partial charge in [0.2, 0.25) is 0 Å². The molecule has 0 aliphatic carbocycles. The van der Waals surface area contributed by atoms with Gasteiger partial charge in [-0.25, -0.2) is 4.39 Å². The van der Waals surface area contributed by atoms with Crippen LogP contribution in [0.15, 0.2) is 47.4 Å². The normalized spacial score (nSPS) is 12.5. The molecule has 2 N–H and O–H groups in total. The quantitative estimate of drug-likeness (QED) is 0.832. The van der Waals surface area contributed by atoms with Crippen LogP contribution in [0, 0.1) is 12.7 Å². The Kier molecular flexibility index (Phi) is 3.47. The summed E-state index contributed by atoms with van der Waals surface area (Å²) in [6.07, 6.45) is 0. The second-order valence-corrected chi connectivity index (χ2v) is 4.81. The molecule has 2 nitrogen and oxygen atoms in total. The largest absolute Gasteiger partial charge is 0.593 e. The van der Waals surface area contributed by atoms with Gasteiger partial charge < -0.3 is 4.55 Å². The van der Waals surface area contributed by atoms with Crippen molar-refractivity contribution in [3.8, 4) is 11.1 Å². The highest BCUT2D eigenvalue weighted by Gasteiger charge is 2.16. The maximum Gasteiger partial charge on any atom is 0.181 e. The zero-order valence-corrected chi connectivity index (χ0v) is 10.1. The molecule has 0 heterocycles. The van der Waals surface area contributed by atoms with Gasteiger partial charge in [0.1, 0.15) is 5.82 Å². The molecule has 0 amide bonds. The highest BCUT2D eigenvalue weighted by Crippen LogP contribution is 2.29. The Bertz CT molecular complexity index is 543. The smallest absolute Gasteiger partial charge is 0.181 e. The fourth-order valence-corrected chi connectivity index (χ4v) is 2.30. The third kappa shape index (κ3) is 2.49. The van der Waals surface area contributed by atoms with E-state index in [4.69, 9.17) is 5.14 Å². The third-order valence-electron chi connectivity index (χ3n) is 2.52. The Morgan fingerprint density at radius 1 is 1.12 bits per heavy atom. The molecule has 88 valence electrons. The van der Waals surface area contributed by atoms with Crippen LogP contribution in [0.3, 0.4) is 0 Å². The molecule has 0 spiro atoms. The Morgan fingerprint density at radius 3 is 2.47 bits per heavy atom. The van der Waals surface area contributed by atoms with E-state index in [0.29, 0.717) is 16.0 Å². The molecule has 1 unspecified atom stereocenters. The third-order valence-corrected chi connectivity index (χ3v) is 3.31. The first kappa shape index (κ1) is 12.1. The van der Waals surface area contributed by atoms with Crippen molar-refractivity contribution in [1.29, 1.82) is 0 Å². The van der Waals surface area contributed by atoms with Gasteiger partial charge >= 0.3 is 0 Å². The highest BCUT2D eigenvalue weighted by molar-refractivity contribution is 7.89. The minimum Gasteiger partial charge on any atom is -0.593 e. The monoisotopic (exact) mass is 249 g/mol. The lowest BCUT2D eigenvalue weighted by molar-refractivity contribution is 0.596. The van der Waals surface area contributed by atoms with Crippen LogP contribution >= 0.6 is 0 Å². The van der Waals surface area contributed by atoms with Crippen molar-refractivity contribution < 1.29 is 8.94 Å². The molecular formula is C13H12FNOS. The standard InChI is InChI=1S/C13H12FNOS/c1-9-6-7-13(17(15)16)11(8-9)10-4-2-3-5-12(10)14/h2-8H,15H2,1H3. The van der Waals surface area contributed by atoms with E-state index in [1.165, 1.54) is 6.07 Å². The molecule has 0 saturated heterocycles. The summed E-state index contributed by atoms with van der Waals surface area (Å²) in [5.41, 5.74) is 1.98. The van der Waals surface area contributed by atoms with Gasteiger partial charge in [-0.05, 0) is 25.1 Å². The van der Waals surface area contributed by atoms with Crippen LogP contribution in [0.25, 0.3) is 11.1 Å². The zero-order valence-electron chi connectivity index (χ0n) is 9.31. The number of aryl methyl sites for hydroxylation is 1. The molecule has 0 bridgehead atoms. The summed E-state index contributed by atoms with van der Waals surface area (Å²) in [7, 11) is 0. The zero-order chi connectivity index (χ0) is 12.4. The first-order valence-electron chi connectivity index (χ1n) is 5.11. The second kappa shape index (κ2) is 4.87. The van der Waals surface area contributed by atoms with Crippen LogP contribution in [0.5, 0.6) is 0 Å².